The SMILES string of the molecule is CCOC(=O)c1ccc(NC(=O)c2ccc(CN3CCC(C)CC3)cc2)cc1Cl. The Morgan fingerprint density at radius 3 is 2.45 bits per heavy atom. The molecule has 3 rings (SSSR count). The Hall–Kier alpha value is -2.37. The molecule has 1 fully saturated rings. The molecule has 154 valence electrons. The Labute approximate surface area is 177 Å². The number of anilines is 1. The topological polar surface area (TPSA) is 58.6 Å². The van der Waals surface area contributed by atoms with Gasteiger partial charge in [0, 0.05) is 17.8 Å². The highest BCUT2D eigenvalue weighted by molar-refractivity contribution is 6.34. The van der Waals surface area contributed by atoms with Gasteiger partial charge in [-0.05, 0) is 74.7 Å². The van der Waals surface area contributed by atoms with Crippen LogP contribution in [0.1, 0.15) is 53.0 Å². The standard InChI is InChI=1S/C23H27ClN2O3/c1-3-29-23(28)20-9-8-19(14-21(20)24)25-22(27)18-6-4-17(5-7-18)15-26-12-10-16(2)11-13-26/h4-9,14,16H,3,10-13,15H2,1-2H3,(H,25,27). The van der Waals surface area contributed by atoms with Gasteiger partial charge in [-0.25, -0.2) is 4.79 Å². The van der Waals surface area contributed by atoms with Crippen LogP contribution in [0.4, 0.5) is 5.69 Å². The van der Waals surface area contributed by atoms with Gasteiger partial charge < -0.3 is 10.1 Å². The highest BCUT2D eigenvalue weighted by Gasteiger charge is 2.16. The van der Waals surface area contributed by atoms with E-state index in [1.807, 2.05) is 24.3 Å². The normalized spacial score (nSPS) is 15.1. The van der Waals surface area contributed by atoms with Crippen molar-refractivity contribution in [2.24, 2.45) is 5.92 Å². The van der Waals surface area contributed by atoms with Crippen LogP contribution in [0.2, 0.25) is 5.02 Å². The van der Waals surface area contributed by atoms with E-state index in [4.69, 9.17) is 16.3 Å². The van der Waals surface area contributed by atoms with Gasteiger partial charge in [-0.15, -0.1) is 0 Å². The molecule has 0 spiro atoms. The number of nitrogens with zero attached hydrogens (tertiary/aromatic N) is 1. The van der Waals surface area contributed by atoms with Gasteiger partial charge in [-0.2, -0.15) is 0 Å². The number of carbonyl (C=O) groups is 2. The number of carbonyl (C=O) groups excluding carboxylic acids is 2. The largest absolute Gasteiger partial charge is 0.462 e. The first-order valence-electron chi connectivity index (χ1n) is 10.1. The summed E-state index contributed by atoms with van der Waals surface area (Å²) in [4.78, 5) is 26.8. The third-order valence-corrected chi connectivity index (χ3v) is 5.53. The minimum absolute atomic E-state index is 0.219. The molecule has 29 heavy (non-hydrogen) atoms. The van der Waals surface area contributed by atoms with Crippen LogP contribution in [0, 0.1) is 5.92 Å². The molecule has 1 N–H and O–H groups in total. The third-order valence-electron chi connectivity index (χ3n) is 5.22. The molecule has 0 aliphatic carbocycles. The number of ether oxygens (including phenoxy) is 1. The molecular formula is C23H27ClN2O3. The van der Waals surface area contributed by atoms with Crippen molar-refractivity contribution in [3.8, 4) is 0 Å². The van der Waals surface area contributed by atoms with Gasteiger partial charge in [0.2, 0.25) is 0 Å². The van der Waals surface area contributed by atoms with Crippen molar-refractivity contribution in [3.05, 3.63) is 64.2 Å². The highest BCUT2D eigenvalue weighted by Crippen LogP contribution is 2.23. The minimum Gasteiger partial charge on any atom is -0.462 e. The number of amides is 1. The second kappa shape index (κ2) is 9.90. The Morgan fingerprint density at radius 2 is 1.83 bits per heavy atom. The van der Waals surface area contributed by atoms with Crippen LogP contribution in [-0.4, -0.2) is 36.5 Å². The number of halogens is 1. The van der Waals surface area contributed by atoms with Crippen LogP contribution in [-0.2, 0) is 11.3 Å². The van der Waals surface area contributed by atoms with Gasteiger partial charge in [-0.1, -0.05) is 30.7 Å². The fraction of sp³-hybridized carbons (Fsp3) is 0.391. The summed E-state index contributed by atoms with van der Waals surface area (Å²) < 4.78 is 4.96. The van der Waals surface area contributed by atoms with E-state index in [0.29, 0.717) is 11.3 Å². The van der Waals surface area contributed by atoms with E-state index in [1.165, 1.54) is 18.4 Å². The van der Waals surface area contributed by atoms with E-state index in [-0.39, 0.29) is 23.1 Å². The molecular weight excluding hydrogens is 388 g/mol. The maximum Gasteiger partial charge on any atom is 0.339 e. The predicted octanol–water partition coefficient (Wildman–Crippen LogP) is 5.00. The monoisotopic (exact) mass is 414 g/mol. The summed E-state index contributed by atoms with van der Waals surface area (Å²) in [6, 6.07) is 12.4. The molecule has 0 radical (unpaired) electrons. The molecule has 0 saturated carbocycles. The summed E-state index contributed by atoms with van der Waals surface area (Å²) in [5.74, 6) is 0.120. The zero-order valence-corrected chi connectivity index (χ0v) is 17.7. The summed E-state index contributed by atoms with van der Waals surface area (Å²) in [7, 11) is 0. The van der Waals surface area contributed by atoms with Crippen molar-refractivity contribution in [2.45, 2.75) is 33.2 Å². The lowest BCUT2D eigenvalue weighted by Crippen LogP contribution is -2.32. The van der Waals surface area contributed by atoms with Crippen LogP contribution in [0.5, 0.6) is 0 Å². The van der Waals surface area contributed by atoms with Gasteiger partial charge in [-0.3, -0.25) is 9.69 Å². The average molecular weight is 415 g/mol. The van der Waals surface area contributed by atoms with Crippen LogP contribution in [0.3, 0.4) is 0 Å². The molecule has 2 aromatic carbocycles. The number of benzene rings is 2. The number of likely N-dealkylation sites (tertiary alicyclic amines) is 1. The van der Waals surface area contributed by atoms with E-state index < -0.39 is 5.97 Å². The Morgan fingerprint density at radius 1 is 1.14 bits per heavy atom. The minimum atomic E-state index is -0.478. The van der Waals surface area contributed by atoms with E-state index in [9.17, 15) is 9.59 Å². The smallest absolute Gasteiger partial charge is 0.339 e. The fourth-order valence-corrected chi connectivity index (χ4v) is 3.67. The van der Waals surface area contributed by atoms with Crippen LogP contribution in [0.25, 0.3) is 0 Å². The quantitative estimate of drug-likeness (QED) is 0.675. The molecule has 1 aliphatic rings. The summed E-state index contributed by atoms with van der Waals surface area (Å²) in [5, 5.41) is 3.06. The summed E-state index contributed by atoms with van der Waals surface area (Å²) in [5.41, 5.74) is 2.59. The molecule has 1 aliphatic heterocycles. The Balaban J connectivity index is 1.59. The van der Waals surface area contributed by atoms with E-state index in [0.717, 1.165) is 25.6 Å². The van der Waals surface area contributed by atoms with E-state index in [1.54, 1.807) is 25.1 Å². The predicted molar refractivity (Wildman–Crippen MR) is 115 cm³/mol. The molecule has 0 atom stereocenters. The molecule has 6 heteroatoms. The molecule has 1 heterocycles. The van der Waals surface area contributed by atoms with Crippen molar-refractivity contribution in [3.63, 3.8) is 0 Å². The van der Waals surface area contributed by atoms with Crippen molar-refractivity contribution in [1.82, 2.24) is 4.90 Å². The number of esters is 1. The number of hydrogen-bond acceptors (Lipinski definition) is 4. The Bertz CT molecular complexity index is 859. The zero-order chi connectivity index (χ0) is 20.8. The molecule has 1 saturated heterocycles. The van der Waals surface area contributed by atoms with Crippen LogP contribution in [0.15, 0.2) is 42.5 Å². The average Bonchev–Trinajstić information content (AvgIpc) is 2.70. The first-order valence-corrected chi connectivity index (χ1v) is 10.4. The van der Waals surface area contributed by atoms with Crippen LogP contribution >= 0.6 is 11.6 Å². The van der Waals surface area contributed by atoms with Crippen molar-refractivity contribution < 1.29 is 14.3 Å². The highest BCUT2D eigenvalue weighted by atomic mass is 35.5. The van der Waals surface area contributed by atoms with Gasteiger partial charge in [0.1, 0.15) is 0 Å². The molecule has 0 unspecified atom stereocenters. The number of nitrogens with one attached hydrogen (secondary N) is 1. The summed E-state index contributed by atoms with van der Waals surface area (Å²) in [6.45, 7) is 7.50. The maximum absolute atomic E-state index is 12.5. The van der Waals surface area contributed by atoms with Crippen molar-refractivity contribution >= 4 is 29.2 Å². The fourth-order valence-electron chi connectivity index (χ4n) is 3.41. The molecule has 1 amide bonds. The lowest BCUT2D eigenvalue weighted by molar-refractivity contribution is 0.0526. The number of piperidine rings is 1. The van der Waals surface area contributed by atoms with Gasteiger partial charge in [0.25, 0.3) is 5.91 Å². The summed E-state index contributed by atoms with van der Waals surface area (Å²) >= 11 is 6.16. The maximum atomic E-state index is 12.5. The van der Waals surface area contributed by atoms with E-state index >= 15 is 0 Å². The second-order valence-electron chi connectivity index (χ2n) is 7.52. The van der Waals surface area contributed by atoms with Crippen molar-refractivity contribution in [1.29, 1.82) is 0 Å². The lowest BCUT2D eigenvalue weighted by Gasteiger charge is -2.30. The van der Waals surface area contributed by atoms with Gasteiger partial charge in [0.05, 0.1) is 17.2 Å². The second-order valence-corrected chi connectivity index (χ2v) is 7.93. The van der Waals surface area contributed by atoms with Gasteiger partial charge >= 0.3 is 5.97 Å². The van der Waals surface area contributed by atoms with Crippen LogP contribution < -0.4 is 5.32 Å². The van der Waals surface area contributed by atoms with E-state index in [2.05, 4.69) is 17.1 Å². The lowest BCUT2D eigenvalue weighted by atomic mass is 9.99. The molecule has 5 nitrogen and oxygen atoms in total. The van der Waals surface area contributed by atoms with Gasteiger partial charge in [0.15, 0.2) is 0 Å². The number of rotatable bonds is 6. The molecule has 0 bridgehead atoms. The van der Waals surface area contributed by atoms with Crippen molar-refractivity contribution in [2.75, 3.05) is 25.0 Å². The zero-order valence-electron chi connectivity index (χ0n) is 16.9. The summed E-state index contributed by atoms with van der Waals surface area (Å²) in [6.07, 6.45) is 2.50. The number of hydrogen-bond donors (Lipinski definition) is 1. The Kier molecular flexibility index (Phi) is 7.29. The first-order chi connectivity index (χ1) is 14.0. The first kappa shape index (κ1) is 21.3. The molecule has 2 aromatic rings. The molecule has 0 aromatic heterocycles. The third kappa shape index (κ3) is 5.81.